The van der Waals surface area contributed by atoms with Gasteiger partial charge in [0.2, 0.25) is 10.0 Å². The molecule has 1 aliphatic rings. The first-order chi connectivity index (χ1) is 12.9. The van der Waals surface area contributed by atoms with E-state index in [9.17, 15) is 13.2 Å². The van der Waals surface area contributed by atoms with Gasteiger partial charge in [0.15, 0.2) is 0 Å². The molecule has 1 saturated heterocycles. The molecule has 9 heteroatoms. The van der Waals surface area contributed by atoms with Gasteiger partial charge in [-0.05, 0) is 36.2 Å². The molecule has 1 aliphatic heterocycles. The highest BCUT2D eigenvalue weighted by molar-refractivity contribution is 7.89. The maximum absolute atomic E-state index is 12.2. The minimum atomic E-state index is -3.69. The van der Waals surface area contributed by atoms with E-state index >= 15 is 0 Å². The number of hydrogen-bond donors (Lipinski definition) is 2. The molecule has 2 heterocycles. The second-order valence-corrected chi connectivity index (χ2v) is 7.76. The molecule has 0 unspecified atom stereocenters. The number of rotatable bonds is 6. The third-order valence-electron chi connectivity index (χ3n) is 4.30. The molecule has 1 aromatic carbocycles. The summed E-state index contributed by atoms with van der Waals surface area (Å²) in [7, 11) is -3.69. The summed E-state index contributed by atoms with van der Waals surface area (Å²) < 4.78 is 27.8. The van der Waals surface area contributed by atoms with Crippen molar-refractivity contribution >= 4 is 21.7 Å². The molecule has 1 fully saturated rings. The molecule has 27 heavy (non-hydrogen) atoms. The topological polar surface area (TPSA) is 115 Å². The number of pyridine rings is 1. The summed E-state index contributed by atoms with van der Waals surface area (Å²) in [6, 6.07) is 9.89. The molecule has 0 atom stereocenters. The van der Waals surface area contributed by atoms with Gasteiger partial charge in [0.1, 0.15) is 5.82 Å². The van der Waals surface area contributed by atoms with Crippen molar-refractivity contribution in [2.24, 2.45) is 5.14 Å². The van der Waals surface area contributed by atoms with E-state index in [1.807, 2.05) is 6.07 Å². The molecule has 144 valence electrons. The summed E-state index contributed by atoms with van der Waals surface area (Å²) in [4.78, 5) is 18.8. The molecule has 8 nitrogen and oxygen atoms in total. The monoisotopic (exact) mass is 390 g/mol. The molecule has 2 aromatic rings. The number of amides is 1. The maximum atomic E-state index is 12.2. The zero-order chi connectivity index (χ0) is 19.3. The Kier molecular flexibility index (Phi) is 6.04. The number of carbonyl (C=O) groups is 1. The van der Waals surface area contributed by atoms with Crippen molar-refractivity contribution in [2.75, 3.05) is 37.7 Å². The largest absolute Gasteiger partial charge is 0.378 e. The third-order valence-corrected chi connectivity index (χ3v) is 5.23. The minimum absolute atomic E-state index is 0.0710. The van der Waals surface area contributed by atoms with Crippen LogP contribution in [0.25, 0.3) is 0 Å². The highest BCUT2D eigenvalue weighted by Gasteiger charge is 2.13. The lowest BCUT2D eigenvalue weighted by Crippen LogP contribution is -2.36. The summed E-state index contributed by atoms with van der Waals surface area (Å²) >= 11 is 0. The smallest absolute Gasteiger partial charge is 0.252 e. The highest BCUT2D eigenvalue weighted by Crippen LogP contribution is 2.13. The number of morpholine rings is 1. The van der Waals surface area contributed by atoms with Crippen LogP contribution >= 0.6 is 0 Å². The van der Waals surface area contributed by atoms with Crippen LogP contribution in [0, 0.1) is 0 Å². The van der Waals surface area contributed by atoms with Crippen LogP contribution in [0.3, 0.4) is 0 Å². The number of hydrogen-bond acceptors (Lipinski definition) is 6. The van der Waals surface area contributed by atoms with E-state index in [1.165, 1.54) is 12.1 Å². The lowest BCUT2D eigenvalue weighted by Gasteiger charge is -2.27. The second-order valence-electron chi connectivity index (χ2n) is 6.20. The number of ether oxygens (including phenoxy) is 1. The number of nitrogens with one attached hydrogen (secondary N) is 1. The van der Waals surface area contributed by atoms with Crippen molar-refractivity contribution in [1.29, 1.82) is 0 Å². The van der Waals surface area contributed by atoms with Crippen LogP contribution in [0.5, 0.6) is 0 Å². The van der Waals surface area contributed by atoms with E-state index in [-0.39, 0.29) is 10.8 Å². The summed E-state index contributed by atoms with van der Waals surface area (Å²) in [5, 5.41) is 7.91. The van der Waals surface area contributed by atoms with Gasteiger partial charge >= 0.3 is 0 Å². The van der Waals surface area contributed by atoms with Crippen molar-refractivity contribution in [3.63, 3.8) is 0 Å². The zero-order valence-electron chi connectivity index (χ0n) is 14.8. The fourth-order valence-electron chi connectivity index (χ4n) is 2.77. The molecule has 1 aromatic heterocycles. The van der Waals surface area contributed by atoms with Crippen LogP contribution < -0.4 is 15.4 Å². The molecule has 3 N–H and O–H groups in total. The number of nitrogens with zero attached hydrogens (tertiary/aromatic N) is 2. The molecule has 1 amide bonds. The molecule has 0 saturated carbocycles. The lowest BCUT2D eigenvalue weighted by molar-refractivity contribution is 0.0953. The number of nitrogens with two attached hydrogens (primary N) is 1. The van der Waals surface area contributed by atoms with Gasteiger partial charge in [-0.1, -0.05) is 12.1 Å². The van der Waals surface area contributed by atoms with Gasteiger partial charge in [-0.15, -0.1) is 0 Å². The number of benzene rings is 1. The summed E-state index contributed by atoms with van der Waals surface area (Å²) in [6.07, 6.45) is 2.15. The summed E-state index contributed by atoms with van der Waals surface area (Å²) in [5.74, 6) is 0.641. The van der Waals surface area contributed by atoms with E-state index in [1.54, 1.807) is 24.4 Å². The Labute approximate surface area is 158 Å². The van der Waals surface area contributed by atoms with E-state index < -0.39 is 10.0 Å². The number of primary sulfonamides is 1. The predicted molar refractivity (Wildman–Crippen MR) is 101 cm³/mol. The normalized spacial score (nSPS) is 14.8. The molecule has 3 rings (SSSR count). The fourth-order valence-corrected chi connectivity index (χ4v) is 3.28. The quantitative estimate of drug-likeness (QED) is 0.744. The summed E-state index contributed by atoms with van der Waals surface area (Å²) in [5.41, 5.74) is 1.40. The van der Waals surface area contributed by atoms with Gasteiger partial charge < -0.3 is 15.0 Å². The first-order valence-corrected chi connectivity index (χ1v) is 10.2. The van der Waals surface area contributed by atoms with Gasteiger partial charge in [-0.2, -0.15) is 0 Å². The Morgan fingerprint density at radius 1 is 1.15 bits per heavy atom. The maximum Gasteiger partial charge on any atom is 0.252 e. The lowest BCUT2D eigenvalue weighted by atomic mass is 10.1. The predicted octanol–water partition coefficient (Wildman–Crippen LogP) is 0.538. The molecule has 0 spiro atoms. The fraction of sp³-hybridized carbons (Fsp3) is 0.333. The van der Waals surface area contributed by atoms with Gasteiger partial charge in [0.05, 0.1) is 23.7 Å². The van der Waals surface area contributed by atoms with Gasteiger partial charge in [0, 0.05) is 25.8 Å². The van der Waals surface area contributed by atoms with Crippen LogP contribution in [0.15, 0.2) is 47.5 Å². The van der Waals surface area contributed by atoms with E-state index in [4.69, 9.17) is 9.88 Å². The van der Waals surface area contributed by atoms with Crippen molar-refractivity contribution in [3.8, 4) is 0 Å². The zero-order valence-corrected chi connectivity index (χ0v) is 15.6. The number of anilines is 1. The Morgan fingerprint density at radius 2 is 1.85 bits per heavy atom. The van der Waals surface area contributed by atoms with Crippen molar-refractivity contribution in [2.45, 2.75) is 11.3 Å². The minimum Gasteiger partial charge on any atom is -0.378 e. The number of carbonyl (C=O) groups excluding carboxylic acids is 1. The first kappa shape index (κ1) is 19.3. The number of aromatic nitrogens is 1. The summed E-state index contributed by atoms with van der Waals surface area (Å²) in [6.45, 7) is 3.38. The Hall–Kier alpha value is -2.49. The highest BCUT2D eigenvalue weighted by atomic mass is 32.2. The Bertz CT molecular complexity index is 877. The van der Waals surface area contributed by atoms with Gasteiger partial charge in [-0.25, -0.2) is 18.5 Å². The molecular formula is C18H22N4O4S. The third kappa shape index (κ3) is 5.25. The standard InChI is InChI=1S/C18H22N4O4S/c19-27(24,25)16-4-1-14(2-5-16)7-8-20-18(23)15-3-6-17(21-13-15)22-9-11-26-12-10-22/h1-6,13H,7-12H2,(H,20,23)(H2,19,24,25). The van der Waals surface area contributed by atoms with Crippen molar-refractivity contribution in [1.82, 2.24) is 10.3 Å². The van der Waals surface area contributed by atoms with Gasteiger partial charge in [-0.3, -0.25) is 4.79 Å². The average molecular weight is 390 g/mol. The van der Waals surface area contributed by atoms with E-state index in [0.717, 1.165) is 24.5 Å². The molecular weight excluding hydrogens is 368 g/mol. The molecule has 0 aliphatic carbocycles. The van der Waals surface area contributed by atoms with Crippen LogP contribution in [-0.2, 0) is 21.2 Å². The molecule has 0 bridgehead atoms. The van der Waals surface area contributed by atoms with E-state index in [0.29, 0.717) is 31.7 Å². The molecule has 0 radical (unpaired) electrons. The first-order valence-electron chi connectivity index (χ1n) is 8.62. The van der Waals surface area contributed by atoms with Crippen LogP contribution in [0.4, 0.5) is 5.82 Å². The Morgan fingerprint density at radius 3 is 2.44 bits per heavy atom. The SMILES string of the molecule is NS(=O)(=O)c1ccc(CCNC(=O)c2ccc(N3CCOCC3)nc2)cc1. The Balaban J connectivity index is 1.50. The van der Waals surface area contributed by atoms with Gasteiger partial charge in [0.25, 0.3) is 5.91 Å². The van der Waals surface area contributed by atoms with Crippen LogP contribution in [0.2, 0.25) is 0 Å². The van der Waals surface area contributed by atoms with Crippen molar-refractivity contribution in [3.05, 3.63) is 53.7 Å². The second kappa shape index (κ2) is 8.47. The van der Waals surface area contributed by atoms with Crippen LogP contribution in [0.1, 0.15) is 15.9 Å². The van der Waals surface area contributed by atoms with Crippen LogP contribution in [-0.4, -0.2) is 52.2 Å². The van der Waals surface area contributed by atoms with E-state index in [2.05, 4.69) is 15.2 Å². The average Bonchev–Trinajstić information content (AvgIpc) is 2.68. The van der Waals surface area contributed by atoms with Crippen molar-refractivity contribution < 1.29 is 17.9 Å². The number of sulfonamides is 1.